The quantitative estimate of drug-likeness (QED) is 0.505. The summed E-state index contributed by atoms with van der Waals surface area (Å²) in [5, 5.41) is 2.97. The van der Waals surface area contributed by atoms with E-state index in [2.05, 4.69) is 49.5 Å². The first-order chi connectivity index (χ1) is 14.5. The van der Waals surface area contributed by atoms with Crippen LogP contribution < -0.4 is 5.32 Å². The normalized spacial score (nSPS) is 11.7. The third-order valence-electron chi connectivity index (χ3n) is 5.06. The van der Waals surface area contributed by atoms with Gasteiger partial charge in [-0.1, -0.05) is 73.5 Å². The average Bonchev–Trinajstić information content (AvgIpc) is 2.74. The highest BCUT2D eigenvalue weighted by Crippen LogP contribution is 2.15. The minimum atomic E-state index is -0.474. The molecule has 2 amide bonds. The van der Waals surface area contributed by atoms with Crippen molar-refractivity contribution in [3.05, 3.63) is 71.3 Å². The molecule has 0 saturated heterocycles. The van der Waals surface area contributed by atoms with Gasteiger partial charge in [0.25, 0.3) is 0 Å². The summed E-state index contributed by atoms with van der Waals surface area (Å²) in [5.74, 6) is 1.10. The van der Waals surface area contributed by atoms with Gasteiger partial charge in [-0.15, -0.1) is 11.8 Å². The number of benzene rings is 2. The average molecular weight is 427 g/mol. The fourth-order valence-corrected chi connectivity index (χ4v) is 4.10. The van der Waals surface area contributed by atoms with Crippen molar-refractivity contribution < 1.29 is 9.59 Å². The van der Waals surface area contributed by atoms with E-state index in [9.17, 15) is 9.59 Å². The van der Waals surface area contributed by atoms with Crippen LogP contribution in [0.5, 0.6) is 0 Å². The molecule has 162 valence electrons. The lowest BCUT2D eigenvalue weighted by Gasteiger charge is -2.28. The molecule has 2 aromatic rings. The minimum Gasteiger partial charge on any atom is -0.354 e. The number of unbranched alkanes of at least 4 members (excludes halogenated alkanes) is 1. The molecular formula is C25H34N2O2S. The van der Waals surface area contributed by atoms with Crippen LogP contribution in [0.3, 0.4) is 0 Å². The monoisotopic (exact) mass is 426 g/mol. The van der Waals surface area contributed by atoms with Crippen LogP contribution in [0.1, 0.15) is 43.4 Å². The zero-order valence-corrected chi connectivity index (χ0v) is 19.2. The summed E-state index contributed by atoms with van der Waals surface area (Å²) >= 11 is 1.60. The molecule has 1 atom stereocenters. The van der Waals surface area contributed by atoms with Crippen molar-refractivity contribution in [2.75, 3.05) is 18.8 Å². The number of hydrogen-bond donors (Lipinski definition) is 1. The summed E-state index contributed by atoms with van der Waals surface area (Å²) in [6, 6.07) is 18.0. The summed E-state index contributed by atoms with van der Waals surface area (Å²) in [5.41, 5.74) is 3.61. The first-order valence-corrected chi connectivity index (χ1v) is 11.9. The maximum absolute atomic E-state index is 13.0. The molecule has 0 heterocycles. The fourth-order valence-electron chi connectivity index (χ4n) is 3.25. The largest absolute Gasteiger partial charge is 0.354 e. The number of rotatable bonds is 12. The molecule has 0 aliphatic rings. The van der Waals surface area contributed by atoms with Gasteiger partial charge in [-0.25, -0.2) is 0 Å². The molecule has 4 nitrogen and oxygen atoms in total. The lowest BCUT2D eigenvalue weighted by Crippen LogP contribution is -2.49. The van der Waals surface area contributed by atoms with Crippen molar-refractivity contribution in [1.82, 2.24) is 10.2 Å². The van der Waals surface area contributed by atoms with Crippen molar-refractivity contribution in [2.24, 2.45) is 0 Å². The molecule has 0 fully saturated rings. The number of carbonyl (C=O) groups excluding carboxylic acids is 2. The third kappa shape index (κ3) is 8.23. The van der Waals surface area contributed by atoms with Gasteiger partial charge in [0.05, 0.1) is 5.75 Å². The highest BCUT2D eigenvalue weighted by molar-refractivity contribution is 7.99. The molecule has 2 rings (SSSR count). The van der Waals surface area contributed by atoms with Crippen LogP contribution in [0, 0.1) is 6.92 Å². The maximum atomic E-state index is 13.0. The standard InChI is InChI=1S/C25H34N2O2S/c1-4-5-15-26-25(29)21(3)27(16-14-22-11-7-6-8-12-22)24(28)19-30-18-23-13-9-10-20(2)17-23/h6-13,17,21H,4-5,14-16,18-19H2,1-3H3,(H,26,29)/t21-/m1/s1. The number of thioether (sulfide) groups is 1. The lowest BCUT2D eigenvalue weighted by molar-refractivity contribution is -0.137. The van der Waals surface area contributed by atoms with E-state index >= 15 is 0 Å². The van der Waals surface area contributed by atoms with E-state index in [1.807, 2.05) is 31.2 Å². The molecule has 0 bridgehead atoms. The van der Waals surface area contributed by atoms with Crippen LogP contribution in [0.25, 0.3) is 0 Å². The Morgan fingerprint density at radius 1 is 1.07 bits per heavy atom. The Labute approximate surface area is 185 Å². The Morgan fingerprint density at radius 3 is 2.50 bits per heavy atom. The van der Waals surface area contributed by atoms with E-state index in [-0.39, 0.29) is 11.8 Å². The topological polar surface area (TPSA) is 49.4 Å². The Kier molecular flexibility index (Phi) is 10.5. The van der Waals surface area contributed by atoms with Crippen LogP contribution >= 0.6 is 11.8 Å². The summed E-state index contributed by atoms with van der Waals surface area (Å²) in [6.07, 6.45) is 2.71. The Hall–Kier alpha value is -2.27. The molecular weight excluding hydrogens is 392 g/mol. The summed E-state index contributed by atoms with van der Waals surface area (Å²) in [4.78, 5) is 27.4. The van der Waals surface area contributed by atoms with Gasteiger partial charge in [-0.2, -0.15) is 0 Å². The summed E-state index contributed by atoms with van der Waals surface area (Å²) < 4.78 is 0. The number of carbonyl (C=O) groups is 2. The van der Waals surface area contributed by atoms with E-state index < -0.39 is 6.04 Å². The van der Waals surface area contributed by atoms with Crippen molar-refractivity contribution >= 4 is 23.6 Å². The number of aryl methyl sites for hydroxylation is 1. The van der Waals surface area contributed by atoms with Crippen LogP contribution in [0.2, 0.25) is 0 Å². The summed E-state index contributed by atoms with van der Waals surface area (Å²) in [7, 11) is 0. The van der Waals surface area contributed by atoms with Gasteiger partial charge >= 0.3 is 0 Å². The molecule has 0 aliphatic carbocycles. The molecule has 0 aliphatic heterocycles. The number of nitrogens with one attached hydrogen (secondary N) is 1. The highest BCUT2D eigenvalue weighted by atomic mass is 32.2. The Morgan fingerprint density at radius 2 is 1.80 bits per heavy atom. The minimum absolute atomic E-state index is 0.0155. The zero-order chi connectivity index (χ0) is 21.8. The highest BCUT2D eigenvalue weighted by Gasteiger charge is 2.25. The molecule has 30 heavy (non-hydrogen) atoms. The molecule has 5 heteroatoms. The number of hydrogen-bond acceptors (Lipinski definition) is 3. The Bertz CT molecular complexity index is 795. The van der Waals surface area contributed by atoms with Crippen LogP contribution in [-0.2, 0) is 21.8 Å². The molecule has 0 unspecified atom stereocenters. The third-order valence-corrected chi connectivity index (χ3v) is 6.05. The van der Waals surface area contributed by atoms with E-state index in [0.717, 1.165) is 25.0 Å². The zero-order valence-electron chi connectivity index (χ0n) is 18.4. The molecule has 0 saturated carbocycles. The molecule has 0 radical (unpaired) electrons. The number of nitrogens with zero attached hydrogens (tertiary/aromatic N) is 1. The van der Waals surface area contributed by atoms with Gasteiger partial charge < -0.3 is 10.2 Å². The molecule has 0 spiro atoms. The molecule has 0 aromatic heterocycles. The van der Waals surface area contributed by atoms with Crippen molar-refractivity contribution in [3.63, 3.8) is 0 Å². The van der Waals surface area contributed by atoms with Crippen LogP contribution in [-0.4, -0.2) is 41.6 Å². The second kappa shape index (κ2) is 13.1. The predicted molar refractivity (Wildman–Crippen MR) is 127 cm³/mol. The van der Waals surface area contributed by atoms with Gasteiger partial charge in [-0.3, -0.25) is 9.59 Å². The maximum Gasteiger partial charge on any atom is 0.242 e. The molecule has 1 N–H and O–H groups in total. The van der Waals surface area contributed by atoms with E-state index in [4.69, 9.17) is 0 Å². The smallest absolute Gasteiger partial charge is 0.242 e. The van der Waals surface area contributed by atoms with Crippen molar-refractivity contribution in [2.45, 2.75) is 51.8 Å². The second-order valence-corrected chi connectivity index (χ2v) is 8.61. The van der Waals surface area contributed by atoms with Gasteiger partial charge in [0.1, 0.15) is 6.04 Å². The van der Waals surface area contributed by atoms with Gasteiger partial charge in [0.2, 0.25) is 11.8 Å². The van der Waals surface area contributed by atoms with Crippen LogP contribution in [0.4, 0.5) is 0 Å². The van der Waals surface area contributed by atoms with Crippen molar-refractivity contribution in [3.8, 4) is 0 Å². The fraction of sp³-hybridized carbons (Fsp3) is 0.440. The van der Waals surface area contributed by atoms with E-state index in [1.54, 1.807) is 16.7 Å². The van der Waals surface area contributed by atoms with Gasteiger partial charge in [0, 0.05) is 18.8 Å². The van der Waals surface area contributed by atoms with Crippen molar-refractivity contribution in [1.29, 1.82) is 0 Å². The Balaban J connectivity index is 1.97. The van der Waals surface area contributed by atoms with Gasteiger partial charge in [-0.05, 0) is 37.8 Å². The number of amides is 2. The van der Waals surface area contributed by atoms with Gasteiger partial charge in [0.15, 0.2) is 0 Å². The second-order valence-electron chi connectivity index (χ2n) is 7.63. The SMILES string of the molecule is CCCCNC(=O)[C@@H](C)N(CCc1ccccc1)C(=O)CSCc1cccc(C)c1. The van der Waals surface area contributed by atoms with E-state index in [0.29, 0.717) is 18.8 Å². The predicted octanol–water partition coefficient (Wildman–Crippen LogP) is 4.60. The first-order valence-electron chi connectivity index (χ1n) is 10.8. The van der Waals surface area contributed by atoms with E-state index in [1.165, 1.54) is 16.7 Å². The first kappa shape index (κ1) is 24.0. The lowest BCUT2D eigenvalue weighted by atomic mass is 10.1. The summed E-state index contributed by atoms with van der Waals surface area (Å²) in [6.45, 7) is 7.19. The molecule has 2 aromatic carbocycles. The van der Waals surface area contributed by atoms with Crippen LogP contribution in [0.15, 0.2) is 54.6 Å².